The summed E-state index contributed by atoms with van der Waals surface area (Å²) in [4.78, 5) is 0.450. The molecule has 0 spiro atoms. The summed E-state index contributed by atoms with van der Waals surface area (Å²) in [6.07, 6.45) is -5.05. The number of anilines is 1. The summed E-state index contributed by atoms with van der Waals surface area (Å²) >= 11 is 0.955. The second-order valence-corrected chi connectivity index (χ2v) is 4.07. The zero-order chi connectivity index (χ0) is 11.5. The highest BCUT2D eigenvalue weighted by atomic mass is 32.2. The van der Waals surface area contributed by atoms with E-state index < -0.39 is 18.4 Å². The smallest absolute Gasteiger partial charge is 0.389 e. The maximum absolute atomic E-state index is 12.9. The number of halogens is 4. The number of alkyl halides is 3. The molecule has 0 aliphatic heterocycles. The highest BCUT2D eigenvalue weighted by Gasteiger charge is 2.26. The first kappa shape index (κ1) is 12.2. The Bertz CT molecular complexity index is 337. The normalized spacial score (nSPS) is 11.7. The van der Waals surface area contributed by atoms with E-state index in [1.165, 1.54) is 12.1 Å². The van der Waals surface area contributed by atoms with Crippen LogP contribution in [0.3, 0.4) is 0 Å². The molecule has 0 fully saturated rings. The molecule has 0 radical (unpaired) electrons. The Morgan fingerprint density at radius 1 is 1.27 bits per heavy atom. The van der Waals surface area contributed by atoms with E-state index in [2.05, 4.69) is 0 Å². The molecule has 1 aromatic carbocycles. The average Bonchev–Trinajstić information content (AvgIpc) is 2.09. The Labute approximate surface area is 88.7 Å². The predicted octanol–water partition coefficient (Wildman–Crippen LogP) is 3.45. The maximum Gasteiger partial charge on any atom is 0.389 e. The van der Waals surface area contributed by atoms with Gasteiger partial charge < -0.3 is 5.73 Å². The second kappa shape index (κ2) is 4.74. The van der Waals surface area contributed by atoms with Gasteiger partial charge in [-0.1, -0.05) is 0 Å². The van der Waals surface area contributed by atoms with Crippen molar-refractivity contribution in [2.45, 2.75) is 17.5 Å². The molecule has 84 valence electrons. The zero-order valence-electron chi connectivity index (χ0n) is 7.64. The number of hydrogen-bond acceptors (Lipinski definition) is 2. The van der Waals surface area contributed by atoms with Crippen LogP contribution in [0.15, 0.2) is 23.1 Å². The summed E-state index contributed by atoms with van der Waals surface area (Å²) in [5.74, 6) is -0.723. The fraction of sp³-hybridized carbons (Fsp3) is 0.333. The Morgan fingerprint density at radius 3 is 2.47 bits per heavy atom. The van der Waals surface area contributed by atoms with Crippen molar-refractivity contribution < 1.29 is 17.6 Å². The molecule has 1 nitrogen and oxygen atoms in total. The molecular weight excluding hydrogens is 230 g/mol. The van der Waals surface area contributed by atoms with Crippen molar-refractivity contribution in [2.75, 3.05) is 11.5 Å². The van der Waals surface area contributed by atoms with Gasteiger partial charge in [0.2, 0.25) is 0 Å². The van der Waals surface area contributed by atoms with Gasteiger partial charge in [-0.25, -0.2) is 4.39 Å². The molecule has 0 aromatic heterocycles. The molecule has 0 bridgehead atoms. The molecule has 15 heavy (non-hydrogen) atoms. The minimum absolute atomic E-state index is 0.00447. The van der Waals surface area contributed by atoms with Crippen molar-refractivity contribution in [3.8, 4) is 0 Å². The Morgan fingerprint density at radius 2 is 1.93 bits per heavy atom. The van der Waals surface area contributed by atoms with E-state index in [1.807, 2.05) is 0 Å². The monoisotopic (exact) mass is 239 g/mol. The number of thioether (sulfide) groups is 1. The summed E-state index contributed by atoms with van der Waals surface area (Å²) < 4.78 is 48.3. The van der Waals surface area contributed by atoms with Gasteiger partial charge in [-0.05, 0) is 18.2 Å². The van der Waals surface area contributed by atoms with Crippen LogP contribution in [0.1, 0.15) is 6.42 Å². The average molecular weight is 239 g/mol. The summed E-state index contributed by atoms with van der Waals surface area (Å²) in [6.45, 7) is 0. The van der Waals surface area contributed by atoms with Crippen LogP contribution in [-0.4, -0.2) is 11.9 Å². The van der Waals surface area contributed by atoms with Gasteiger partial charge in [0, 0.05) is 10.6 Å². The largest absolute Gasteiger partial charge is 0.396 e. The molecule has 0 aliphatic rings. The van der Waals surface area contributed by atoms with E-state index in [4.69, 9.17) is 5.73 Å². The van der Waals surface area contributed by atoms with Crippen LogP contribution in [0, 0.1) is 5.82 Å². The number of benzene rings is 1. The van der Waals surface area contributed by atoms with Gasteiger partial charge >= 0.3 is 6.18 Å². The van der Waals surface area contributed by atoms with Crippen molar-refractivity contribution in [2.24, 2.45) is 0 Å². The van der Waals surface area contributed by atoms with Gasteiger partial charge in [-0.15, -0.1) is 11.8 Å². The van der Waals surface area contributed by atoms with Crippen LogP contribution in [0.2, 0.25) is 0 Å². The molecule has 2 N–H and O–H groups in total. The minimum atomic E-state index is -4.17. The fourth-order valence-corrected chi connectivity index (χ4v) is 1.80. The molecule has 0 saturated heterocycles. The maximum atomic E-state index is 12.9. The predicted molar refractivity (Wildman–Crippen MR) is 52.2 cm³/mol. The first-order valence-corrected chi connectivity index (χ1v) is 5.11. The molecule has 0 aliphatic carbocycles. The lowest BCUT2D eigenvalue weighted by molar-refractivity contribution is -0.129. The highest BCUT2D eigenvalue weighted by Crippen LogP contribution is 2.27. The molecule has 0 amide bonds. The first-order valence-electron chi connectivity index (χ1n) is 4.13. The summed E-state index contributed by atoms with van der Waals surface area (Å²) in [5, 5.41) is 0. The Kier molecular flexibility index (Phi) is 3.84. The van der Waals surface area contributed by atoms with E-state index >= 15 is 0 Å². The van der Waals surface area contributed by atoms with Gasteiger partial charge in [0.25, 0.3) is 0 Å². The molecule has 0 unspecified atom stereocenters. The third-order valence-corrected chi connectivity index (χ3v) is 2.62. The van der Waals surface area contributed by atoms with Crippen LogP contribution in [0.5, 0.6) is 0 Å². The SMILES string of the molecule is Nc1ccc(SCCC(F)(F)F)cc1F. The minimum Gasteiger partial charge on any atom is -0.396 e. The quantitative estimate of drug-likeness (QED) is 0.496. The van der Waals surface area contributed by atoms with Crippen LogP contribution >= 0.6 is 11.8 Å². The van der Waals surface area contributed by atoms with Crippen molar-refractivity contribution >= 4 is 17.4 Å². The van der Waals surface area contributed by atoms with Crippen LogP contribution < -0.4 is 5.73 Å². The van der Waals surface area contributed by atoms with Crippen LogP contribution in [0.4, 0.5) is 23.2 Å². The van der Waals surface area contributed by atoms with Crippen LogP contribution in [-0.2, 0) is 0 Å². The standard InChI is InChI=1S/C9H9F4NS/c10-7-5-6(1-2-8(7)14)15-4-3-9(11,12)13/h1-2,5H,3-4,14H2. The van der Waals surface area contributed by atoms with Gasteiger partial charge in [-0.3, -0.25) is 0 Å². The third kappa shape index (κ3) is 4.42. The zero-order valence-corrected chi connectivity index (χ0v) is 8.46. The Hall–Kier alpha value is -0.910. The lowest BCUT2D eigenvalue weighted by Gasteiger charge is -2.06. The molecule has 1 aromatic rings. The Balaban J connectivity index is 2.48. The van der Waals surface area contributed by atoms with Gasteiger partial charge in [0.05, 0.1) is 12.1 Å². The lowest BCUT2D eigenvalue weighted by Crippen LogP contribution is -2.07. The lowest BCUT2D eigenvalue weighted by atomic mass is 10.3. The van der Waals surface area contributed by atoms with Gasteiger partial charge in [0.1, 0.15) is 5.82 Å². The van der Waals surface area contributed by atoms with Gasteiger partial charge in [-0.2, -0.15) is 13.2 Å². The number of rotatable bonds is 3. The molecule has 0 atom stereocenters. The second-order valence-electron chi connectivity index (χ2n) is 2.90. The van der Waals surface area contributed by atoms with E-state index in [0.717, 1.165) is 17.8 Å². The van der Waals surface area contributed by atoms with Crippen molar-refractivity contribution in [3.63, 3.8) is 0 Å². The summed E-state index contributed by atoms with van der Waals surface area (Å²) in [7, 11) is 0. The third-order valence-electron chi connectivity index (χ3n) is 1.63. The van der Waals surface area contributed by atoms with Crippen LogP contribution in [0.25, 0.3) is 0 Å². The van der Waals surface area contributed by atoms with E-state index in [0.29, 0.717) is 4.90 Å². The topological polar surface area (TPSA) is 26.0 Å². The number of hydrogen-bond donors (Lipinski definition) is 1. The molecule has 0 heterocycles. The molecule has 1 rings (SSSR count). The number of nitrogens with two attached hydrogens (primary N) is 1. The molecular formula is C9H9F4NS. The summed E-state index contributed by atoms with van der Waals surface area (Å²) in [6, 6.07) is 3.97. The highest BCUT2D eigenvalue weighted by molar-refractivity contribution is 7.99. The molecule has 0 saturated carbocycles. The fourth-order valence-electron chi connectivity index (χ4n) is 0.882. The van der Waals surface area contributed by atoms with E-state index in [1.54, 1.807) is 0 Å². The van der Waals surface area contributed by atoms with E-state index in [9.17, 15) is 17.6 Å². The van der Waals surface area contributed by atoms with Crippen molar-refractivity contribution in [1.29, 1.82) is 0 Å². The van der Waals surface area contributed by atoms with Crippen molar-refractivity contribution in [3.05, 3.63) is 24.0 Å². The van der Waals surface area contributed by atoms with Gasteiger partial charge in [0.15, 0.2) is 0 Å². The first-order chi connectivity index (χ1) is 6.88. The summed E-state index contributed by atoms with van der Waals surface area (Å²) in [5.41, 5.74) is 5.22. The van der Waals surface area contributed by atoms with Crippen molar-refractivity contribution in [1.82, 2.24) is 0 Å². The van der Waals surface area contributed by atoms with E-state index in [-0.39, 0.29) is 11.4 Å². The number of nitrogen functional groups attached to an aromatic ring is 1. The molecule has 6 heteroatoms.